The van der Waals surface area contributed by atoms with Crippen LogP contribution in [0.25, 0.3) is 10.6 Å². The molecule has 0 fully saturated rings. The second kappa shape index (κ2) is 4.29. The van der Waals surface area contributed by atoms with Crippen LogP contribution in [0, 0.1) is 12.7 Å². The van der Waals surface area contributed by atoms with Crippen molar-refractivity contribution >= 4 is 22.9 Å². The summed E-state index contributed by atoms with van der Waals surface area (Å²) in [6.07, 6.45) is 1.73. The Bertz CT molecular complexity index is 481. The van der Waals surface area contributed by atoms with Crippen molar-refractivity contribution in [3.63, 3.8) is 0 Å². The molecule has 0 N–H and O–H groups in total. The Morgan fingerprint density at radius 3 is 2.93 bits per heavy atom. The molecule has 0 bridgehead atoms. The van der Waals surface area contributed by atoms with Gasteiger partial charge in [0.2, 0.25) is 0 Å². The Labute approximate surface area is 96.5 Å². The van der Waals surface area contributed by atoms with Gasteiger partial charge >= 0.3 is 0 Å². The average molecular weight is 242 g/mol. The fourth-order valence-corrected chi connectivity index (χ4v) is 2.39. The molecule has 0 saturated heterocycles. The Morgan fingerprint density at radius 1 is 1.47 bits per heavy atom. The molecule has 0 aliphatic carbocycles. The fourth-order valence-electron chi connectivity index (χ4n) is 1.32. The van der Waals surface area contributed by atoms with Crippen LogP contribution in [-0.2, 0) is 5.88 Å². The van der Waals surface area contributed by atoms with Gasteiger partial charge in [-0.3, -0.25) is 0 Å². The number of hydrogen-bond donors (Lipinski definition) is 0. The Kier molecular flexibility index (Phi) is 3.03. The molecule has 1 nitrogen and oxygen atoms in total. The number of nitrogens with zero attached hydrogens (tertiary/aromatic N) is 1. The van der Waals surface area contributed by atoms with Crippen LogP contribution in [0.1, 0.15) is 10.4 Å². The molecule has 78 valence electrons. The quantitative estimate of drug-likeness (QED) is 0.725. The van der Waals surface area contributed by atoms with Gasteiger partial charge < -0.3 is 0 Å². The first-order valence-corrected chi connectivity index (χ1v) is 5.83. The molecule has 1 heterocycles. The Balaban J connectivity index is 2.48. The van der Waals surface area contributed by atoms with Gasteiger partial charge in [-0.1, -0.05) is 6.07 Å². The van der Waals surface area contributed by atoms with Gasteiger partial charge in [0.1, 0.15) is 10.8 Å². The summed E-state index contributed by atoms with van der Waals surface area (Å²) in [6, 6.07) is 4.72. The maximum Gasteiger partial charge on any atom is 0.123 e. The van der Waals surface area contributed by atoms with Crippen LogP contribution >= 0.6 is 22.9 Å². The summed E-state index contributed by atoms with van der Waals surface area (Å²) >= 11 is 7.19. The highest BCUT2D eigenvalue weighted by Gasteiger charge is 2.07. The van der Waals surface area contributed by atoms with E-state index in [2.05, 4.69) is 4.98 Å². The normalized spacial score (nSPS) is 10.6. The standard InChI is InChI=1S/C11H9ClFNS/c1-7-2-3-8(13)4-10(7)11-14-6-9(5-12)15-11/h2-4,6H,5H2,1H3. The summed E-state index contributed by atoms with van der Waals surface area (Å²) < 4.78 is 13.1. The van der Waals surface area contributed by atoms with Crippen LogP contribution in [0.3, 0.4) is 0 Å². The third kappa shape index (κ3) is 2.19. The molecule has 0 saturated carbocycles. The van der Waals surface area contributed by atoms with E-state index in [1.54, 1.807) is 12.3 Å². The van der Waals surface area contributed by atoms with Gasteiger partial charge in [-0.15, -0.1) is 22.9 Å². The number of rotatable bonds is 2. The highest BCUT2D eigenvalue weighted by atomic mass is 35.5. The molecule has 0 unspecified atom stereocenters. The number of alkyl halides is 1. The van der Waals surface area contributed by atoms with E-state index in [0.717, 1.165) is 21.0 Å². The van der Waals surface area contributed by atoms with Crippen molar-refractivity contribution in [1.29, 1.82) is 0 Å². The zero-order chi connectivity index (χ0) is 10.8. The van der Waals surface area contributed by atoms with Crippen LogP contribution < -0.4 is 0 Å². The second-order valence-corrected chi connectivity index (χ2v) is 4.61. The minimum absolute atomic E-state index is 0.238. The van der Waals surface area contributed by atoms with E-state index >= 15 is 0 Å². The molecule has 2 aromatic rings. The molecule has 15 heavy (non-hydrogen) atoms. The minimum Gasteiger partial charge on any atom is -0.244 e. The lowest BCUT2D eigenvalue weighted by Gasteiger charge is -2.01. The van der Waals surface area contributed by atoms with Crippen molar-refractivity contribution in [1.82, 2.24) is 4.98 Å². The highest BCUT2D eigenvalue weighted by Crippen LogP contribution is 2.29. The Hall–Kier alpha value is -0.930. The molecule has 4 heteroatoms. The monoisotopic (exact) mass is 241 g/mol. The van der Waals surface area contributed by atoms with Crippen molar-refractivity contribution in [3.05, 3.63) is 40.7 Å². The van der Waals surface area contributed by atoms with E-state index < -0.39 is 0 Å². The molecule has 2 rings (SSSR count). The van der Waals surface area contributed by atoms with Crippen LogP contribution in [0.5, 0.6) is 0 Å². The lowest BCUT2D eigenvalue weighted by atomic mass is 10.1. The smallest absolute Gasteiger partial charge is 0.123 e. The van der Waals surface area contributed by atoms with Gasteiger partial charge in [0.15, 0.2) is 0 Å². The fraction of sp³-hybridized carbons (Fsp3) is 0.182. The van der Waals surface area contributed by atoms with Gasteiger partial charge in [-0.2, -0.15) is 0 Å². The summed E-state index contributed by atoms with van der Waals surface area (Å²) in [5, 5.41) is 0.822. The summed E-state index contributed by atoms with van der Waals surface area (Å²) in [5.41, 5.74) is 1.86. The lowest BCUT2D eigenvalue weighted by Crippen LogP contribution is -1.83. The number of hydrogen-bond acceptors (Lipinski definition) is 2. The van der Waals surface area contributed by atoms with Crippen LogP contribution in [0.4, 0.5) is 4.39 Å². The minimum atomic E-state index is -0.238. The molecular weight excluding hydrogens is 233 g/mol. The maximum absolute atomic E-state index is 13.1. The molecule has 1 aromatic heterocycles. The van der Waals surface area contributed by atoms with Gasteiger partial charge in [-0.05, 0) is 24.6 Å². The number of benzene rings is 1. The molecule has 0 spiro atoms. The molecule has 0 aliphatic heterocycles. The first kappa shape index (κ1) is 10.6. The largest absolute Gasteiger partial charge is 0.244 e. The van der Waals surface area contributed by atoms with Crippen LogP contribution in [0.2, 0.25) is 0 Å². The van der Waals surface area contributed by atoms with Crippen molar-refractivity contribution in [2.24, 2.45) is 0 Å². The molecular formula is C11H9ClFNS. The van der Waals surface area contributed by atoms with E-state index in [4.69, 9.17) is 11.6 Å². The summed E-state index contributed by atoms with van der Waals surface area (Å²) in [7, 11) is 0. The molecule has 0 atom stereocenters. The highest BCUT2D eigenvalue weighted by molar-refractivity contribution is 7.15. The van der Waals surface area contributed by atoms with Gasteiger partial charge in [0, 0.05) is 16.6 Å². The topological polar surface area (TPSA) is 12.9 Å². The van der Waals surface area contributed by atoms with Crippen molar-refractivity contribution in [2.45, 2.75) is 12.8 Å². The first-order valence-electron chi connectivity index (χ1n) is 4.48. The third-order valence-corrected chi connectivity index (χ3v) is 3.59. The summed E-state index contributed by atoms with van der Waals surface area (Å²) in [4.78, 5) is 5.22. The zero-order valence-electron chi connectivity index (χ0n) is 8.13. The lowest BCUT2D eigenvalue weighted by molar-refractivity contribution is 0.628. The van der Waals surface area contributed by atoms with Gasteiger partial charge in [0.25, 0.3) is 0 Å². The summed E-state index contributed by atoms with van der Waals surface area (Å²) in [5.74, 6) is 0.213. The second-order valence-electron chi connectivity index (χ2n) is 3.22. The Morgan fingerprint density at radius 2 is 2.27 bits per heavy atom. The van der Waals surface area contributed by atoms with E-state index in [9.17, 15) is 4.39 Å². The van der Waals surface area contributed by atoms with Crippen LogP contribution in [0.15, 0.2) is 24.4 Å². The number of aromatic nitrogens is 1. The third-order valence-electron chi connectivity index (χ3n) is 2.12. The SMILES string of the molecule is Cc1ccc(F)cc1-c1ncc(CCl)s1. The van der Waals surface area contributed by atoms with Crippen LogP contribution in [-0.4, -0.2) is 4.98 Å². The predicted molar refractivity (Wildman–Crippen MR) is 61.8 cm³/mol. The van der Waals surface area contributed by atoms with E-state index in [0.29, 0.717) is 5.88 Å². The number of aryl methyl sites for hydroxylation is 1. The molecule has 0 radical (unpaired) electrons. The zero-order valence-corrected chi connectivity index (χ0v) is 9.70. The maximum atomic E-state index is 13.1. The molecule has 0 amide bonds. The van der Waals surface area contributed by atoms with Crippen molar-refractivity contribution in [3.8, 4) is 10.6 Å². The number of halogens is 2. The molecule has 0 aliphatic rings. The van der Waals surface area contributed by atoms with E-state index in [1.807, 2.05) is 6.92 Å². The van der Waals surface area contributed by atoms with Crippen molar-refractivity contribution < 1.29 is 4.39 Å². The van der Waals surface area contributed by atoms with E-state index in [-0.39, 0.29) is 5.82 Å². The molecule has 1 aromatic carbocycles. The number of thiazole rings is 1. The first-order chi connectivity index (χ1) is 7.20. The van der Waals surface area contributed by atoms with Crippen molar-refractivity contribution in [2.75, 3.05) is 0 Å². The predicted octanol–water partition coefficient (Wildman–Crippen LogP) is 4.00. The summed E-state index contributed by atoms with van der Waals surface area (Å²) in [6.45, 7) is 1.94. The van der Waals surface area contributed by atoms with E-state index in [1.165, 1.54) is 23.5 Å². The van der Waals surface area contributed by atoms with Gasteiger partial charge in [0.05, 0.1) is 5.88 Å². The van der Waals surface area contributed by atoms with Gasteiger partial charge in [-0.25, -0.2) is 9.37 Å². The average Bonchev–Trinajstić information content (AvgIpc) is 2.70.